The van der Waals surface area contributed by atoms with E-state index in [2.05, 4.69) is 30.9 Å². The van der Waals surface area contributed by atoms with E-state index in [-0.39, 0.29) is 0 Å². The van der Waals surface area contributed by atoms with Gasteiger partial charge in [-0.25, -0.2) is 0 Å². The molecule has 0 heterocycles. The Balaban J connectivity index is 1.58. The summed E-state index contributed by atoms with van der Waals surface area (Å²) in [6, 6.07) is 0.392. The van der Waals surface area contributed by atoms with Crippen LogP contribution in [0, 0.1) is 23.2 Å². The summed E-state index contributed by atoms with van der Waals surface area (Å²) < 4.78 is 0. The molecule has 0 saturated heterocycles. The second kappa shape index (κ2) is 5.58. The molecule has 0 aromatic heterocycles. The number of hydrogen-bond acceptors (Lipinski definition) is 3. The summed E-state index contributed by atoms with van der Waals surface area (Å²) in [6.07, 6.45) is 8.85. The predicted molar refractivity (Wildman–Crippen MR) is 84.6 cm³/mol. The number of hydrogen-bond donors (Lipinski definition) is 1. The van der Waals surface area contributed by atoms with Crippen molar-refractivity contribution in [1.82, 2.24) is 9.80 Å². The van der Waals surface area contributed by atoms with Gasteiger partial charge in [-0.3, -0.25) is 0 Å². The Labute approximate surface area is 124 Å². The summed E-state index contributed by atoms with van der Waals surface area (Å²) in [5.74, 6) is 3.04. The van der Waals surface area contributed by atoms with Gasteiger partial charge in [0.25, 0.3) is 0 Å². The van der Waals surface area contributed by atoms with E-state index in [0.29, 0.717) is 11.5 Å². The first-order valence-corrected chi connectivity index (χ1v) is 8.56. The van der Waals surface area contributed by atoms with Gasteiger partial charge < -0.3 is 15.5 Å². The Morgan fingerprint density at radius 1 is 0.950 bits per heavy atom. The van der Waals surface area contributed by atoms with Gasteiger partial charge in [-0.2, -0.15) is 0 Å². The molecule has 4 saturated carbocycles. The topological polar surface area (TPSA) is 32.5 Å². The Bertz CT molecular complexity index is 304. The molecule has 1 unspecified atom stereocenters. The van der Waals surface area contributed by atoms with Crippen molar-refractivity contribution >= 4 is 0 Å². The third-order valence-corrected chi connectivity index (χ3v) is 6.31. The maximum atomic E-state index is 6.72. The molecule has 4 rings (SSSR count). The molecule has 4 fully saturated rings. The zero-order valence-electron chi connectivity index (χ0n) is 13.6. The van der Waals surface area contributed by atoms with E-state index in [4.69, 9.17) is 5.73 Å². The van der Waals surface area contributed by atoms with Crippen molar-refractivity contribution in [3.05, 3.63) is 0 Å². The van der Waals surface area contributed by atoms with Crippen LogP contribution in [0.25, 0.3) is 0 Å². The lowest BCUT2D eigenvalue weighted by molar-refractivity contribution is -0.0707. The highest BCUT2D eigenvalue weighted by Gasteiger charge is 2.53. The fourth-order valence-electron chi connectivity index (χ4n) is 5.62. The molecular weight excluding hydrogens is 246 g/mol. The number of rotatable bonds is 6. The SMILES string of the molecule is CN(C)CCN(C)CC(N)C12CC3CC(CC(C3)C1)C2. The Kier molecular flexibility index (Phi) is 4.13. The maximum absolute atomic E-state index is 6.72. The molecule has 1 atom stereocenters. The van der Waals surface area contributed by atoms with Crippen LogP contribution in [-0.4, -0.2) is 56.6 Å². The molecule has 20 heavy (non-hydrogen) atoms. The van der Waals surface area contributed by atoms with Crippen LogP contribution in [0.15, 0.2) is 0 Å². The number of likely N-dealkylation sites (N-methyl/N-ethyl adjacent to an activating group) is 2. The molecule has 0 aromatic rings. The van der Waals surface area contributed by atoms with Gasteiger partial charge in [0.2, 0.25) is 0 Å². The van der Waals surface area contributed by atoms with E-state index in [1.54, 1.807) is 0 Å². The maximum Gasteiger partial charge on any atom is 0.0225 e. The van der Waals surface area contributed by atoms with Crippen LogP contribution in [0.2, 0.25) is 0 Å². The summed E-state index contributed by atoms with van der Waals surface area (Å²) in [5.41, 5.74) is 7.23. The van der Waals surface area contributed by atoms with Crippen molar-refractivity contribution in [3.8, 4) is 0 Å². The first-order chi connectivity index (χ1) is 9.47. The molecule has 0 amide bonds. The van der Waals surface area contributed by atoms with Gasteiger partial charge in [-0.05, 0) is 82.8 Å². The molecule has 0 aromatic carbocycles. The van der Waals surface area contributed by atoms with Crippen molar-refractivity contribution in [2.24, 2.45) is 28.9 Å². The molecule has 3 nitrogen and oxygen atoms in total. The first-order valence-electron chi connectivity index (χ1n) is 8.56. The molecule has 4 bridgehead atoms. The Morgan fingerprint density at radius 2 is 1.45 bits per heavy atom. The minimum absolute atomic E-state index is 0.392. The predicted octanol–water partition coefficient (Wildman–Crippen LogP) is 2.02. The largest absolute Gasteiger partial charge is 0.326 e. The molecule has 4 aliphatic carbocycles. The minimum atomic E-state index is 0.392. The Hall–Kier alpha value is -0.120. The highest BCUT2D eigenvalue weighted by atomic mass is 15.2. The van der Waals surface area contributed by atoms with Crippen LogP contribution in [0.5, 0.6) is 0 Å². The van der Waals surface area contributed by atoms with Gasteiger partial charge in [0.05, 0.1) is 0 Å². The lowest BCUT2D eigenvalue weighted by Gasteiger charge is -2.59. The fraction of sp³-hybridized carbons (Fsp3) is 1.00. The molecule has 4 aliphatic rings. The van der Waals surface area contributed by atoms with Crippen molar-refractivity contribution in [3.63, 3.8) is 0 Å². The normalized spacial score (nSPS) is 40.8. The van der Waals surface area contributed by atoms with E-state index < -0.39 is 0 Å². The monoisotopic (exact) mass is 279 g/mol. The number of nitrogens with zero attached hydrogens (tertiary/aromatic N) is 2. The summed E-state index contributed by atoms with van der Waals surface area (Å²) in [5, 5.41) is 0. The van der Waals surface area contributed by atoms with Crippen LogP contribution >= 0.6 is 0 Å². The smallest absolute Gasteiger partial charge is 0.0225 e. The van der Waals surface area contributed by atoms with E-state index in [1.165, 1.54) is 38.5 Å². The van der Waals surface area contributed by atoms with Gasteiger partial charge in [-0.1, -0.05) is 0 Å². The van der Waals surface area contributed by atoms with Gasteiger partial charge in [0.1, 0.15) is 0 Å². The molecule has 0 spiro atoms. The fourth-order valence-corrected chi connectivity index (χ4v) is 5.62. The molecular formula is C17H33N3. The zero-order chi connectivity index (χ0) is 14.3. The average molecular weight is 279 g/mol. The summed E-state index contributed by atoms with van der Waals surface area (Å²) in [7, 11) is 6.53. The highest BCUT2D eigenvalue weighted by molar-refractivity contribution is 5.05. The van der Waals surface area contributed by atoms with E-state index in [9.17, 15) is 0 Å². The molecule has 3 heteroatoms. The van der Waals surface area contributed by atoms with Crippen molar-refractivity contribution in [1.29, 1.82) is 0 Å². The Morgan fingerprint density at radius 3 is 1.90 bits per heavy atom. The van der Waals surface area contributed by atoms with Crippen LogP contribution in [0.1, 0.15) is 38.5 Å². The quantitative estimate of drug-likeness (QED) is 0.807. The average Bonchev–Trinajstić information content (AvgIpc) is 2.34. The van der Waals surface area contributed by atoms with Crippen LogP contribution in [-0.2, 0) is 0 Å². The van der Waals surface area contributed by atoms with Gasteiger partial charge in [0, 0.05) is 25.7 Å². The van der Waals surface area contributed by atoms with Crippen LogP contribution in [0.4, 0.5) is 0 Å². The second-order valence-electron chi connectivity index (χ2n) is 8.45. The lowest BCUT2D eigenvalue weighted by atomic mass is 9.48. The minimum Gasteiger partial charge on any atom is -0.326 e. The number of nitrogens with two attached hydrogens (primary N) is 1. The first kappa shape index (κ1) is 14.8. The molecule has 0 radical (unpaired) electrons. The van der Waals surface area contributed by atoms with Crippen molar-refractivity contribution in [2.45, 2.75) is 44.6 Å². The van der Waals surface area contributed by atoms with Gasteiger partial charge in [-0.15, -0.1) is 0 Å². The molecule has 0 aliphatic heterocycles. The summed E-state index contributed by atoms with van der Waals surface area (Å²) >= 11 is 0. The molecule has 116 valence electrons. The third kappa shape index (κ3) is 2.90. The van der Waals surface area contributed by atoms with E-state index in [1.807, 2.05) is 0 Å². The van der Waals surface area contributed by atoms with Gasteiger partial charge in [0.15, 0.2) is 0 Å². The van der Waals surface area contributed by atoms with Gasteiger partial charge >= 0.3 is 0 Å². The summed E-state index contributed by atoms with van der Waals surface area (Å²) in [4.78, 5) is 4.70. The standard InChI is InChI=1S/C17H33N3/c1-19(2)4-5-20(3)12-16(18)17-9-13-6-14(10-17)8-15(7-13)11-17/h13-16H,4-12,18H2,1-3H3. The highest BCUT2D eigenvalue weighted by Crippen LogP contribution is 2.60. The van der Waals surface area contributed by atoms with Crippen molar-refractivity contribution < 1.29 is 0 Å². The van der Waals surface area contributed by atoms with E-state index >= 15 is 0 Å². The van der Waals surface area contributed by atoms with Crippen LogP contribution in [0.3, 0.4) is 0 Å². The zero-order valence-corrected chi connectivity index (χ0v) is 13.6. The van der Waals surface area contributed by atoms with Crippen molar-refractivity contribution in [2.75, 3.05) is 40.8 Å². The third-order valence-electron chi connectivity index (χ3n) is 6.31. The van der Waals surface area contributed by atoms with E-state index in [0.717, 1.165) is 37.4 Å². The lowest BCUT2D eigenvalue weighted by Crippen LogP contribution is -2.57. The van der Waals surface area contributed by atoms with Crippen LogP contribution < -0.4 is 5.73 Å². The summed E-state index contributed by atoms with van der Waals surface area (Å²) in [6.45, 7) is 3.34. The molecule has 2 N–H and O–H groups in total. The second-order valence-corrected chi connectivity index (χ2v) is 8.45.